The molecule has 1 atom stereocenters. The predicted molar refractivity (Wildman–Crippen MR) is 103 cm³/mol. The first-order chi connectivity index (χ1) is 13.5. The fraction of sp³-hybridized carbons (Fsp3) is 0.316. The molecule has 0 saturated carbocycles. The van der Waals surface area contributed by atoms with Crippen molar-refractivity contribution in [3.8, 4) is 0 Å². The maximum absolute atomic E-state index is 12.8. The number of hydrogen-bond donors (Lipinski definition) is 1. The molecule has 1 saturated heterocycles. The van der Waals surface area contributed by atoms with E-state index in [4.69, 9.17) is 0 Å². The van der Waals surface area contributed by atoms with Crippen molar-refractivity contribution in [1.82, 2.24) is 24.2 Å². The van der Waals surface area contributed by atoms with E-state index in [0.29, 0.717) is 29.7 Å². The van der Waals surface area contributed by atoms with Crippen LogP contribution in [0.25, 0.3) is 11.0 Å². The van der Waals surface area contributed by atoms with E-state index in [1.165, 1.54) is 26.7 Å². The van der Waals surface area contributed by atoms with Crippen LogP contribution in [0.4, 0.5) is 5.69 Å². The van der Waals surface area contributed by atoms with Gasteiger partial charge in [-0.3, -0.25) is 23.6 Å². The first-order valence-corrected chi connectivity index (χ1v) is 9.07. The van der Waals surface area contributed by atoms with E-state index >= 15 is 0 Å². The van der Waals surface area contributed by atoms with Crippen LogP contribution >= 0.6 is 0 Å². The molecular formula is C19H20N6O3. The summed E-state index contributed by atoms with van der Waals surface area (Å²) in [6.45, 7) is 0.328. The van der Waals surface area contributed by atoms with Gasteiger partial charge in [-0.2, -0.15) is 5.10 Å². The standard InChI is InChI=1S/C19H20N6O3/c1-23-17-14(10-21-23)19(28)24(12-20-17)11-16(26)25-9-5-8-15(25)18(27)22-13-6-3-2-4-7-13/h2-4,6-7,10,12,15H,5,8-9,11H2,1H3,(H,22,27). The second-order valence-corrected chi connectivity index (χ2v) is 6.78. The summed E-state index contributed by atoms with van der Waals surface area (Å²) in [4.78, 5) is 43.8. The number of para-hydroxylation sites is 1. The Balaban J connectivity index is 1.50. The molecule has 0 aliphatic carbocycles. The van der Waals surface area contributed by atoms with Gasteiger partial charge in [-0.25, -0.2) is 4.98 Å². The molecule has 28 heavy (non-hydrogen) atoms. The number of carbonyl (C=O) groups is 2. The second kappa shape index (κ2) is 7.26. The lowest BCUT2D eigenvalue weighted by Gasteiger charge is -2.24. The summed E-state index contributed by atoms with van der Waals surface area (Å²) in [5.74, 6) is -0.497. The van der Waals surface area contributed by atoms with Crippen molar-refractivity contribution in [2.45, 2.75) is 25.4 Å². The molecule has 9 heteroatoms. The van der Waals surface area contributed by atoms with E-state index in [1.54, 1.807) is 19.2 Å². The molecule has 0 bridgehead atoms. The molecule has 1 unspecified atom stereocenters. The van der Waals surface area contributed by atoms with E-state index in [-0.39, 0.29) is 23.9 Å². The molecule has 0 radical (unpaired) electrons. The highest BCUT2D eigenvalue weighted by Gasteiger charge is 2.34. The van der Waals surface area contributed by atoms with E-state index in [9.17, 15) is 14.4 Å². The molecule has 1 aliphatic rings. The molecule has 3 heterocycles. The van der Waals surface area contributed by atoms with E-state index < -0.39 is 6.04 Å². The van der Waals surface area contributed by atoms with Crippen LogP contribution in [-0.2, 0) is 23.2 Å². The summed E-state index contributed by atoms with van der Waals surface area (Å²) in [6, 6.07) is 8.59. The van der Waals surface area contributed by atoms with Gasteiger partial charge in [-0.1, -0.05) is 18.2 Å². The average Bonchev–Trinajstić information content (AvgIpc) is 3.32. The summed E-state index contributed by atoms with van der Waals surface area (Å²) >= 11 is 0. The zero-order valence-corrected chi connectivity index (χ0v) is 15.4. The summed E-state index contributed by atoms with van der Waals surface area (Å²) in [5, 5.41) is 7.23. The van der Waals surface area contributed by atoms with Crippen molar-refractivity contribution in [3.63, 3.8) is 0 Å². The molecular weight excluding hydrogens is 360 g/mol. The summed E-state index contributed by atoms with van der Waals surface area (Å²) in [5.41, 5.74) is 0.833. The zero-order chi connectivity index (χ0) is 19.7. The van der Waals surface area contributed by atoms with Gasteiger partial charge >= 0.3 is 0 Å². The zero-order valence-electron chi connectivity index (χ0n) is 15.4. The minimum Gasteiger partial charge on any atom is -0.329 e. The highest BCUT2D eigenvalue weighted by Crippen LogP contribution is 2.20. The van der Waals surface area contributed by atoms with Gasteiger partial charge < -0.3 is 10.2 Å². The number of rotatable bonds is 4. The Hall–Kier alpha value is -3.49. The van der Waals surface area contributed by atoms with Crippen LogP contribution in [0, 0.1) is 0 Å². The Morgan fingerprint density at radius 3 is 2.82 bits per heavy atom. The number of fused-ring (bicyclic) bond motifs is 1. The number of aromatic nitrogens is 4. The van der Waals surface area contributed by atoms with Gasteiger partial charge in [0.15, 0.2) is 5.65 Å². The number of anilines is 1. The third-order valence-corrected chi connectivity index (χ3v) is 4.94. The number of amides is 2. The third kappa shape index (κ3) is 3.26. The summed E-state index contributed by atoms with van der Waals surface area (Å²) < 4.78 is 2.77. The Labute approximate surface area is 160 Å². The molecule has 3 aromatic rings. The molecule has 1 aromatic carbocycles. The van der Waals surface area contributed by atoms with Crippen LogP contribution in [-0.4, -0.2) is 48.6 Å². The van der Waals surface area contributed by atoms with Gasteiger partial charge in [0, 0.05) is 19.3 Å². The maximum Gasteiger partial charge on any atom is 0.264 e. The number of hydrogen-bond acceptors (Lipinski definition) is 5. The van der Waals surface area contributed by atoms with Gasteiger partial charge in [0.25, 0.3) is 5.56 Å². The fourth-order valence-corrected chi connectivity index (χ4v) is 3.50. The van der Waals surface area contributed by atoms with Crippen LogP contribution in [0.5, 0.6) is 0 Å². The second-order valence-electron chi connectivity index (χ2n) is 6.78. The topological polar surface area (TPSA) is 102 Å². The molecule has 144 valence electrons. The summed E-state index contributed by atoms with van der Waals surface area (Å²) in [6.07, 6.45) is 4.13. The van der Waals surface area contributed by atoms with Crippen molar-refractivity contribution < 1.29 is 9.59 Å². The Bertz CT molecular complexity index is 1090. The van der Waals surface area contributed by atoms with Crippen LogP contribution < -0.4 is 10.9 Å². The maximum atomic E-state index is 12.8. The molecule has 2 aromatic heterocycles. The van der Waals surface area contributed by atoms with Crippen LogP contribution in [0.3, 0.4) is 0 Å². The predicted octanol–water partition coefficient (Wildman–Crippen LogP) is 0.760. The minimum absolute atomic E-state index is 0.161. The molecule has 2 amide bonds. The number of nitrogens with one attached hydrogen (secondary N) is 1. The fourth-order valence-electron chi connectivity index (χ4n) is 3.50. The lowest BCUT2D eigenvalue weighted by atomic mass is 10.2. The number of likely N-dealkylation sites (tertiary alicyclic amines) is 1. The average molecular weight is 380 g/mol. The van der Waals surface area contributed by atoms with Gasteiger partial charge in [-0.15, -0.1) is 0 Å². The Morgan fingerprint density at radius 1 is 1.25 bits per heavy atom. The van der Waals surface area contributed by atoms with E-state index in [0.717, 1.165) is 6.42 Å². The smallest absolute Gasteiger partial charge is 0.264 e. The molecule has 4 rings (SSSR count). The van der Waals surface area contributed by atoms with Crippen molar-refractivity contribution in [2.24, 2.45) is 7.05 Å². The minimum atomic E-state index is -0.543. The Kier molecular flexibility index (Phi) is 4.64. The first kappa shape index (κ1) is 17.9. The Morgan fingerprint density at radius 2 is 2.04 bits per heavy atom. The van der Waals surface area contributed by atoms with Crippen molar-refractivity contribution in [3.05, 3.63) is 53.2 Å². The lowest BCUT2D eigenvalue weighted by Crippen LogP contribution is -2.45. The SMILES string of the molecule is Cn1ncc2c(=O)n(CC(=O)N3CCCC3C(=O)Nc3ccccc3)cnc21. The van der Waals surface area contributed by atoms with E-state index in [2.05, 4.69) is 15.4 Å². The van der Waals surface area contributed by atoms with Gasteiger partial charge in [0.2, 0.25) is 11.8 Å². The number of nitrogens with zero attached hydrogens (tertiary/aromatic N) is 5. The van der Waals surface area contributed by atoms with Gasteiger partial charge in [0.05, 0.1) is 6.20 Å². The van der Waals surface area contributed by atoms with Crippen molar-refractivity contribution in [1.29, 1.82) is 0 Å². The number of benzene rings is 1. The quantitative estimate of drug-likeness (QED) is 0.720. The van der Waals surface area contributed by atoms with Crippen molar-refractivity contribution in [2.75, 3.05) is 11.9 Å². The number of aryl methyl sites for hydroxylation is 1. The van der Waals surface area contributed by atoms with Gasteiger partial charge in [-0.05, 0) is 25.0 Å². The highest BCUT2D eigenvalue weighted by atomic mass is 16.2. The summed E-state index contributed by atoms with van der Waals surface area (Å²) in [7, 11) is 1.70. The molecule has 1 fully saturated rings. The molecule has 0 spiro atoms. The van der Waals surface area contributed by atoms with Crippen LogP contribution in [0.2, 0.25) is 0 Å². The van der Waals surface area contributed by atoms with Crippen LogP contribution in [0.1, 0.15) is 12.8 Å². The third-order valence-electron chi connectivity index (χ3n) is 4.94. The lowest BCUT2D eigenvalue weighted by molar-refractivity contribution is -0.137. The normalized spacial score (nSPS) is 16.5. The van der Waals surface area contributed by atoms with Gasteiger partial charge in [0.1, 0.15) is 24.3 Å². The number of carbonyl (C=O) groups excluding carboxylic acids is 2. The molecule has 9 nitrogen and oxygen atoms in total. The highest BCUT2D eigenvalue weighted by molar-refractivity contribution is 5.97. The van der Waals surface area contributed by atoms with Crippen LogP contribution in [0.15, 0.2) is 47.7 Å². The van der Waals surface area contributed by atoms with Crippen molar-refractivity contribution >= 4 is 28.5 Å². The molecule has 1 aliphatic heterocycles. The first-order valence-electron chi connectivity index (χ1n) is 9.07. The largest absolute Gasteiger partial charge is 0.329 e. The monoisotopic (exact) mass is 380 g/mol. The van der Waals surface area contributed by atoms with E-state index in [1.807, 2.05) is 18.2 Å². The molecule has 1 N–H and O–H groups in total.